The lowest BCUT2D eigenvalue weighted by molar-refractivity contribution is -0.117. The van der Waals surface area contributed by atoms with Gasteiger partial charge in [0, 0.05) is 37.6 Å². The molecule has 0 aliphatic carbocycles. The third-order valence-electron chi connectivity index (χ3n) is 5.39. The second-order valence-corrected chi connectivity index (χ2v) is 7.47. The summed E-state index contributed by atoms with van der Waals surface area (Å²) in [7, 11) is 0. The summed E-state index contributed by atoms with van der Waals surface area (Å²) in [5.74, 6) is 0.0543. The molecule has 1 aliphatic rings. The Morgan fingerprint density at radius 2 is 1.38 bits per heavy atom. The van der Waals surface area contributed by atoms with E-state index in [-0.39, 0.29) is 5.91 Å². The minimum Gasteiger partial charge on any atom is -0.369 e. The van der Waals surface area contributed by atoms with Crippen LogP contribution in [0.5, 0.6) is 0 Å². The lowest BCUT2D eigenvalue weighted by Gasteiger charge is -2.35. The summed E-state index contributed by atoms with van der Waals surface area (Å²) < 4.78 is 0. The summed E-state index contributed by atoms with van der Waals surface area (Å²) in [4.78, 5) is 17.3. The van der Waals surface area contributed by atoms with E-state index >= 15 is 0 Å². The predicted octanol–water partition coefficient (Wildman–Crippen LogP) is 4.04. The molecule has 0 bridgehead atoms. The van der Waals surface area contributed by atoms with Crippen molar-refractivity contribution in [1.29, 1.82) is 0 Å². The first-order chi connectivity index (χ1) is 14.3. The van der Waals surface area contributed by atoms with Crippen LogP contribution in [0.4, 0.5) is 11.4 Å². The number of hydrogen-bond donors (Lipinski definition) is 1. The van der Waals surface area contributed by atoms with E-state index in [0.717, 1.165) is 43.9 Å². The molecule has 1 amide bonds. The number of carbonyl (C=O) groups excluding carboxylic acids is 1. The van der Waals surface area contributed by atoms with Crippen LogP contribution in [0.2, 0.25) is 0 Å². The summed E-state index contributed by atoms with van der Waals surface area (Å²) in [6, 6.07) is 28.9. The summed E-state index contributed by atoms with van der Waals surface area (Å²) in [6.07, 6.45) is 0.813. The number of nitrogens with one attached hydrogen (secondary N) is 1. The quantitative estimate of drug-likeness (QED) is 0.696. The van der Waals surface area contributed by atoms with Gasteiger partial charge in [-0.25, -0.2) is 0 Å². The van der Waals surface area contributed by atoms with Crippen LogP contribution in [0.15, 0.2) is 84.9 Å². The Labute approximate surface area is 172 Å². The highest BCUT2D eigenvalue weighted by Crippen LogP contribution is 2.20. The molecule has 0 unspecified atom stereocenters. The van der Waals surface area contributed by atoms with Gasteiger partial charge < -0.3 is 10.2 Å². The van der Waals surface area contributed by atoms with Crippen molar-refractivity contribution in [3.05, 3.63) is 96.1 Å². The molecule has 0 aromatic heterocycles. The monoisotopic (exact) mass is 385 g/mol. The van der Waals surface area contributed by atoms with Crippen LogP contribution < -0.4 is 10.2 Å². The standard InChI is InChI=1S/C25H27N3O/c29-25(20-27-15-17-28(18-16-27)23-12-5-2-6-13-23)26-24-14-8-7-11-22(24)19-21-9-3-1-4-10-21/h1-14H,15-20H2,(H,26,29). The van der Waals surface area contributed by atoms with Gasteiger partial charge in [0.25, 0.3) is 0 Å². The average molecular weight is 386 g/mol. The molecule has 0 spiro atoms. The highest BCUT2D eigenvalue weighted by atomic mass is 16.2. The number of amides is 1. The van der Waals surface area contributed by atoms with E-state index < -0.39 is 0 Å². The van der Waals surface area contributed by atoms with Crippen molar-refractivity contribution in [2.75, 3.05) is 42.9 Å². The fourth-order valence-corrected chi connectivity index (χ4v) is 3.81. The Morgan fingerprint density at radius 1 is 0.759 bits per heavy atom. The fourth-order valence-electron chi connectivity index (χ4n) is 3.81. The predicted molar refractivity (Wildman–Crippen MR) is 119 cm³/mol. The van der Waals surface area contributed by atoms with Gasteiger partial charge >= 0.3 is 0 Å². The summed E-state index contributed by atoms with van der Waals surface area (Å²) >= 11 is 0. The average Bonchev–Trinajstić information content (AvgIpc) is 2.77. The van der Waals surface area contributed by atoms with E-state index in [4.69, 9.17) is 0 Å². The molecule has 4 rings (SSSR count). The second kappa shape index (κ2) is 9.39. The number of rotatable bonds is 6. The third-order valence-corrected chi connectivity index (χ3v) is 5.39. The molecular weight excluding hydrogens is 358 g/mol. The maximum absolute atomic E-state index is 12.7. The van der Waals surface area contributed by atoms with Crippen molar-refractivity contribution in [1.82, 2.24) is 4.90 Å². The van der Waals surface area contributed by atoms with E-state index in [2.05, 4.69) is 57.6 Å². The number of para-hydroxylation sites is 2. The molecule has 1 heterocycles. The number of benzene rings is 3. The highest BCUT2D eigenvalue weighted by Gasteiger charge is 2.19. The normalized spacial score (nSPS) is 14.6. The number of nitrogens with zero attached hydrogens (tertiary/aromatic N) is 2. The lowest BCUT2D eigenvalue weighted by atomic mass is 10.0. The van der Waals surface area contributed by atoms with Crippen molar-refractivity contribution in [3.63, 3.8) is 0 Å². The molecule has 1 saturated heterocycles. The molecule has 0 radical (unpaired) electrons. The minimum atomic E-state index is 0.0543. The zero-order chi connectivity index (χ0) is 19.9. The molecule has 1 N–H and O–H groups in total. The molecule has 3 aromatic carbocycles. The zero-order valence-corrected chi connectivity index (χ0v) is 16.6. The summed E-state index contributed by atoms with van der Waals surface area (Å²) in [5, 5.41) is 3.13. The Morgan fingerprint density at radius 3 is 2.10 bits per heavy atom. The third kappa shape index (κ3) is 5.24. The van der Waals surface area contributed by atoms with Gasteiger partial charge in [-0.15, -0.1) is 0 Å². The molecule has 3 aromatic rings. The first-order valence-corrected chi connectivity index (χ1v) is 10.2. The first-order valence-electron chi connectivity index (χ1n) is 10.2. The van der Waals surface area contributed by atoms with E-state index in [1.165, 1.54) is 11.3 Å². The van der Waals surface area contributed by atoms with Crippen LogP contribution in [-0.4, -0.2) is 43.5 Å². The van der Waals surface area contributed by atoms with E-state index in [1.54, 1.807) is 0 Å². The van der Waals surface area contributed by atoms with Gasteiger partial charge in [0.15, 0.2) is 0 Å². The summed E-state index contributed by atoms with van der Waals surface area (Å²) in [6.45, 7) is 4.12. The molecule has 29 heavy (non-hydrogen) atoms. The van der Waals surface area contributed by atoms with Crippen LogP contribution in [0.1, 0.15) is 11.1 Å². The molecular formula is C25H27N3O. The number of piperazine rings is 1. The minimum absolute atomic E-state index is 0.0543. The van der Waals surface area contributed by atoms with Crippen molar-refractivity contribution in [2.45, 2.75) is 6.42 Å². The van der Waals surface area contributed by atoms with E-state index in [1.807, 2.05) is 42.5 Å². The second-order valence-electron chi connectivity index (χ2n) is 7.47. The van der Waals surface area contributed by atoms with Gasteiger partial charge in [-0.1, -0.05) is 66.7 Å². The number of carbonyl (C=O) groups is 1. The topological polar surface area (TPSA) is 35.6 Å². The van der Waals surface area contributed by atoms with Gasteiger partial charge in [-0.05, 0) is 35.7 Å². The highest BCUT2D eigenvalue weighted by molar-refractivity contribution is 5.93. The van der Waals surface area contributed by atoms with E-state index in [9.17, 15) is 4.79 Å². The van der Waals surface area contributed by atoms with Crippen molar-refractivity contribution in [2.24, 2.45) is 0 Å². The fraction of sp³-hybridized carbons (Fsp3) is 0.240. The maximum Gasteiger partial charge on any atom is 0.238 e. The molecule has 4 nitrogen and oxygen atoms in total. The van der Waals surface area contributed by atoms with Crippen LogP contribution in [-0.2, 0) is 11.2 Å². The molecule has 148 valence electrons. The Bertz CT molecular complexity index is 919. The molecule has 4 heteroatoms. The Hall–Kier alpha value is -3.11. The van der Waals surface area contributed by atoms with Crippen LogP contribution >= 0.6 is 0 Å². The van der Waals surface area contributed by atoms with Crippen molar-refractivity contribution < 1.29 is 4.79 Å². The van der Waals surface area contributed by atoms with Gasteiger partial charge in [-0.2, -0.15) is 0 Å². The molecule has 0 saturated carbocycles. The first kappa shape index (κ1) is 19.2. The Balaban J connectivity index is 1.31. The van der Waals surface area contributed by atoms with Gasteiger partial charge in [0.1, 0.15) is 0 Å². The summed E-state index contributed by atoms with van der Waals surface area (Å²) in [5.41, 5.74) is 4.54. The lowest BCUT2D eigenvalue weighted by Crippen LogP contribution is -2.48. The van der Waals surface area contributed by atoms with E-state index in [0.29, 0.717) is 6.54 Å². The van der Waals surface area contributed by atoms with Crippen LogP contribution in [0, 0.1) is 0 Å². The van der Waals surface area contributed by atoms with Gasteiger partial charge in [-0.3, -0.25) is 9.69 Å². The number of hydrogen-bond acceptors (Lipinski definition) is 3. The van der Waals surface area contributed by atoms with Gasteiger partial charge in [0.05, 0.1) is 6.54 Å². The van der Waals surface area contributed by atoms with Crippen LogP contribution in [0.3, 0.4) is 0 Å². The largest absolute Gasteiger partial charge is 0.369 e. The van der Waals surface area contributed by atoms with Crippen molar-refractivity contribution in [3.8, 4) is 0 Å². The molecule has 1 fully saturated rings. The maximum atomic E-state index is 12.7. The van der Waals surface area contributed by atoms with Gasteiger partial charge in [0.2, 0.25) is 5.91 Å². The van der Waals surface area contributed by atoms with Crippen LogP contribution in [0.25, 0.3) is 0 Å². The molecule has 1 aliphatic heterocycles. The zero-order valence-electron chi connectivity index (χ0n) is 16.6. The van der Waals surface area contributed by atoms with Crippen molar-refractivity contribution >= 4 is 17.3 Å². The smallest absolute Gasteiger partial charge is 0.238 e. The Kier molecular flexibility index (Phi) is 6.22. The SMILES string of the molecule is O=C(CN1CCN(c2ccccc2)CC1)Nc1ccccc1Cc1ccccc1. The molecule has 0 atom stereocenters. The number of anilines is 2.